The van der Waals surface area contributed by atoms with Gasteiger partial charge >= 0.3 is 5.97 Å². The number of nitrogens with zero attached hydrogens (tertiary/aromatic N) is 1. The van der Waals surface area contributed by atoms with E-state index in [0.29, 0.717) is 12.8 Å². The number of aromatic nitrogens is 1. The fourth-order valence-corrected chi connectivity index (χ4v) is 2.13. The maximum Gasteiger partial charge on any atom is 0.305 e. The molecule has 1 aromatic heterocycles. The second-order valence-electron chi connectivity index (χ2n) is 3.78. The van der Waals surface area contributed by atoms with Gasteiger partial charge in [0.15, 0.2) is 5.12 Å². The lowest BCUT2D eigenvalue weighted by atomic mass is 10.1. The largest absolute Gasteiger partial charge is 0.469 e. The molecule has 1 rings (SSSR count). The zero-order valence-electron chi connectivity index (χ0n) is 10.4. The van der Waals surface area contributed by atoms with Gasteiger partial charge in [-0.1, -0.05) is 12.5 Å². The van der Waals surface area contributed by atoms with E-state index in [-0.39, 0.29) is 11.1 Å². The first-order valence-corrected chi connectivity index (χ1v) is 6.72. The molecule has 0 radical (unpaired) electrons. The molecule has 0 spiro atoms. The second kappa shape index (κ2) is 8.69. The van der Waals surface area contributed by atoms with E-state index >= 15 is 0 Å². The van der Waals surface area contributed by atoms with Crippen LogP contribution < -0.4 is 0 Å². The molecule has 0 aliphatic rings. The van der Waals surface area contributed by atoms with Gasteiger partial charge in [-0.2, -0.15) is 0 Å². The lowest BCUT2D eigenvalue weighted by molar-refractivity contribution is -0.140. The molecule has 0 aliphatic heterocycles. The van der Waals surface area contributed by atoms with Crippen LogP contribution in [0, 0.1) is 0 Å². The first-order valence-electron chi connectivity index (χ1n) is 5.91. The summed E-state index contributed by atoms with van der Waals surface area (Å²) in [6, 6.07) is 5.50. The number of carbonyl (C=O) groups excluding carboxylic acids is 2. The predicted octanol–water partition coefficient (Wildman–Crippen LogP) is 2.82. The third-order valence-electron chi connectivity index (χ3n) is 2.35. The SMILES string of the molecule is COC(=O)CCCCCC(=O)Sc1ccccn1. The quantitative estimate of drug-likeness (QED) is 0.432. The van der Waals surface area contributed by atoms with Gasteiger partial charge in [0.25, 0.3) is 0 Å². The third kappa shape index (κ3) is 6.39. The van der Waals surface area contributed by atoms with Crippen molar-refractivity contribution in [3.8, 4) is 0 Å². The van der Waals surface area contributed by atoms with E-state index in [1.165, 1.54) is 18.9 Å². The summed E-state index contributed by atoms with van der Waals surface area (Å²) in [7, 11) is 1.38. The summed E-state index contributed by atoms with van der Waals surface area (Å²) in [5.74, 6) is -0.191. The molecule has 0 saturated heterocycles. The molecule has 98 valence electrons. The Balaban J connectivity index is 2.09. The summed E-state index contributed by atoms with van der Waals surface area (Å²) < 4.78 is 4.54. The van der Waals surface area contributed by atoms with Crippen molar-refractivity contribution < 1.29 is 14.3 Å². The Morgan fingerprint density at radius 3 is 2.67 bits per heavy atom. The Morgan fingerprint density at radius 1 is 1.22 bits per heavy atom. The molecule has 0 amide bonds. The van der Waals surface area contributed by atoms with Crippen molar-refractivity contribution in [2.75, 3.05) is 7.11 Å². The Hall–Kier alpha value is -1.36. The maximum atomic E-state index is 11.6. The minimum absolute atomic E-state index is 0.117. The van der Waals surface area contributed by atoms with Gasteiger partial charge in [-0.3, -0.25) is 9.59 Å². The van der Waals surface area contributed by atoms with E-state index in [4.69, 9.17) is 0 Å². The minimum atomic E-state index is -0.191. The number of rotatable bonds is 7. The van der Waals surface area contributed by atoms with Gasteiger partial charge in [-0.15, -0.1) is 0 Å². The smallest absolute Gasteiger partial charge is 0.305 e. The van der Waals surface area contributed by atoms with Crippen LogP contribution in [0.4, 0.5) is 0 Å². The molecule has 0 aromatic carbocycles. The molecule has 1 aromatic rings. The van der Waals surface area contributed by atoms with Crippen LogP contribution in [0.25, 0.3) is 0 Å². The lowest BCUT2D eigenvalue weighted by Gasteiger charge is -2.01. The van der Waals surface area contributed by atoms with Gasteiger partial charge in [-0.25, -0.2) is 4.98 Å². The van der Waals surface area contributed by atoms with Gasteiger partial charge in [0.1, 0.15) is 5.03 Å². The number of methoxy groups -OCH3 is 1. The van der Waals surface area contributed by atoms with Crippen molar-refractivity contribution in [2.45, 2.75) is 37.1 Å². The summed E-state index contributed by atoms with van der Waals surface area (Å²) in [6.45, 7) is 0. The van der Waals surface area contributed by atoms with Crippen LogP contribution >= 0.6 is 11.8 Å². The first kappa shape index (κ1) is 14.7. The first-order chi connectivity index (χ1) is 8.72. The second-order valence-corrected chi connectivity index (χ2v) is 4.86. The summed E-state index contributed by atoms with van der Waals surface area (Å²) in [4.78, 5) is 26.5. The Labute approximate surface area is 111 Å². The summed E-state index contributed by atoms with van der Waals surface area (Å²) >= 11 is 1.17. The van der Waals surface area contributed by atoms with Gasteiger partial charge in [-0.05, 0) is 36.7 Å². The van der Waals surface area contributed by atoms with E-state index in [9.17, 15) is 9.59 Å². The highest BCUT2D eigenvalue weighted by Crippen LogP contribution is 2.18. The van der Waals surface area contributed by atoms with Crippen molar-refractivity contribution in [1.29, 1.82) is 0 Å². The van der Waals surface area contributed by atoms with E-state index in [2.05, 4.69) is 9.72 Å². The molecule has 1 heterocycles. The van der Waals surface area contributed by atoms with Crippen LogP contribution in [0.1, 0.15) is 32.1 Å². The average Bonchev–Trinajstić information content (AvgIpc) is 2.39. The fraction of sp³-hybridized carbons (Fsp3) is 0.462. The number of unbranched alkanes of at least 4 members (excludes halogenated alkanes) is 2. The molecule has 0 aliphatic carbocycles. The highest BCUT2D eigenvalue weighted by molar-refractivity contribution is 8.13. The van der Waals surface area contributed by atoms with Crippen molar-refractivity contribution in [3.05, 3.63) is 24.4 Å². The van der Waals surface area contributed by atoms with Crippen LogP contribution in [-0.4, -0.2) is 23.2 Å². The Bertz CT molecular complexity index is 381. The van der Waals surface area contributed by atoms with Gasteiger partial charge in [0.2, 0.25) is 0 Å². The Kier molecular flexibility index (Phi) is 7.10. The topological polar surface area (TPSA) is 56.3 Å². The number of hydrogen-bond donors (Lipinski definition) is 0. The molecular formula is C13H17NO3S. The predicted molar refractivity (Wildman–Crippen MR) is 70.2 cm³/mol. The maximum absolute atomic E-state index is 11.6. The molecule has 0 N–H and O–H groups in total. The highest BCUT2D eigenvalue weighted by Gasteiger charge is 2.06. The Morgan fingerprint density at radius 2 is 2.00 bits per heavy atom. The molecule has 4 nitrogen and oxygen atoms in total. The van der Waals surface area contributed by atoms with Crippen LogP contribution in [0.2, 0.25) is 0 Å². The number of ether oxygens (including phenoxy) is 1. The van der Waals surface area contributed by atoms with Crippen LogP contribution in [-0.2, 0) is 14.3 Å². The molecule has 0 unspecified atom stereocenters. The fourth-order valence-electron chi connectivity index (χ4n) is 1.39. The third-order valence-corrected chi connectivity index (χ3v) is 3.23. The molecular weight excluding hydrogens is 250 g/mol. The van der Waals surface area contributed by atoms with Crippen molar-refractivity contribution in [3.63, 3.8) is 0 Å². The van der Waals surface area contributed by atoms with E-state index in [1.54, 1.807) is 6.20 Å². The van der Waals surface area contributed by atoms with Crippen molar-refractivity contribution in [2.24, 2.45) is 0 Å². The van der Waals surface area contributed by atoms with E-state index in [1.807, 2.05) is 18.2 Å². The molecule has 0 bridgehead atoms. The molecule has 0 saturated carbocycles. The van der Waals surface area contributed by atoms with Crippen molar-refractivity contribution in [1.82, 2.24) is 4.98 Å². The lowest BCUT2D eigenvalue weighted by Crippen LogP contribution is -1.99. The zero-order valence-corrected chi connectivity index (χ0v) is 11.2. The number of esters is 1. The minimum Gasteiger partial charge on any atom is -0.469 e. The average molecular weight is 267 g/mol. The molecule has 0 atom stereocenters. The molecule has 18 heavy (non-hydrogen) atoms. The summed E-state index contributed by atoms with van der Waals surface area (Å²) in [5, 5.41) is 0.851. The normalized spacial score (nSPS) is 10.1. The van der Waals surface area contributed by atoms with Crippen LogP contribution in [0.15, 0.2) is 29.4 Å². The molecule has 0 fully saturated rings. The standard InChI is InChI=1S/C13H17NO3S/c1-17-12(15)8-3-2-4-9-13(16)18-11-7-5-6-10-14-11/h5-7,10H,2-4,8-9H2,1H3. The summed E-state index contributed by atoms with van der Waals surface area (Å²) in [5.41, 5.74) is 0. The van der Waals surface area contributed by atoms with E-state index < -0.39 is 0 Å². The van der Waals surface area contributed by atoms with Crippen LogP contribution in [0.5, 0.6) is 0 Å². The van der Waals surface area contributed by atoms with Gasteiger partial charge < -0.3 is 4.74 Å². The zero-order chi connectivity index (χ0) is 13.2. The number of hydrogen-bond acceptors (Lipinski definition) is 5. The number of carbonyl (C=O) groups is 2. The monoisotopic (exact) mass is 267 g/mol. The van der Waals surface area contributed by atoms with Crippen molar-refractivity contribution >= 4 is 22.8 Å². The van der Waals surface area contributed by atoms with Crippen LogP contribution in [0.3, 0.4) is 0 Å². The van der Waals surface area contributed by atoms with Gasteiger partial charge in [0, 0.05) is 19.0 Å². The summed E-state index contributed by atoms with van der Waals surface area (Å²) in [6.07, 6.45) is 5.06. The highest BCUT2D eigenvalue weighted by atomic mass is 32.2. The number of thioether (sulfide) groups is 1. The number of pyridine rings is 1. The van der Waals surface area contributed by atoms with Gasteiger partial charge in [0.05, 0.1) is 7.11 Å². The van der Waals surface area contributed by atoms with E-state index in [0.717, 1.165) is 24.3 Å². The molecule has 5 heteroatoms.